The van der Waals surface area contributed by atoms with E-state index in [-0.39, 0.29) is 0 Å². The summed E-state index contributed by atoms with van der Waals surface area (Å²) in [5, 5.41) is 3.64. The van der Waals surface area contributed by atoms with Crippen LogP contribution < -0.4 is 5.32 Å². The summed E-state index contributed by atoms with van der Waals surface area (Å²) in [7, 11) is 2.06. The number of hydrogen-bond acceptors (Lipinski definition) is 2. The predicted octanol–water partition coefficient (Wildman–Crippen LogP) is 1.74. The van der Waals surface area contributed by atoms with Gasteiger partial charge in [-0.3, -0.25) is 0 Å². The maximum absolute atomic E-state index is 4.32. The van der Waals surface area contributed by atoms with E-state index in [1.165, 1.54) is 25.1 Å². The fourth-order valence-corrected chi connectivity index (χ4v) is 2.15. The monoisotopic (exact) mass is 207 g/mol. The van der Waals surface area contributed by atoms with Gasteiger partial charge in [-0.05, 0) is 25.2 Å². The molecule has 0 radical (unpaired) electrons. The Morgan fingerprint density at radius 2 is 2.40 bits per heavy atom. The molecule has 0 aromatic carbocycles. The number of hydrogen-bond donors (Lipinski definition) is 1. The van der Waals surface area contributed by atoms with Crippen molar-refractivity contribution in [3.63, 3.8) is 0 Å². The molecule has 0 saturated heterocycles. The average Bonchev–Trinajstić information content (AvgIpc) is 2.99. The fraction of sp³-hybridized carbons (Fsp3) is 0.750. The van der Waals surface area contributed by atoms with Gasteiger partial charge in [0.2, 0.25) is 0 Å². The lowest BCUT2D eigenvalue weighted by Gasteiger charge is -2.15. The molecule has 0 aliphatic heterocycles. The van der Waals surface area contributed by atoms with E-state index in [4.69, 9.17) is 0 Å². The van der Waals surface area contributed by atoms with Crippen LogP contribution in [0.3, 0.4) is 0 Å². The predicted molar refractivity (Wildman–Crippen MR) is 61.7 cm³/mol. The molecular formula is C12H21N3. The molecule has 0 amide bonds. The van der Waals surface area contributed by atoms with Crippen LogP contribution in [0.15, 0.2) is 12.4 Å². The Hall–Kier alpha value is -0.830. The molecular weight excluding hydrogens is 186 g/mol. The standard InChI is InChI=1S/C12H21N3/c1-3-11(10-4-5-10)13-7-6-12-14-8-9-15(12)2/h8-11,13H,3-7H2,1-2H3. The maximum atomic E-state index is 4.32. The molecule has 1 aromatic rings. The summed E-state index contributed by atoms with van der Waals surface area (Å²) in [6.45, 7) is 3.33. The van der Waals surface area contributed by atoms with Crippen LogP contribution in [-0.4, -0.2) is 22.1 Å². The quantitative estimate of drug-likeness (QED) is 0.770. The van der Waals surface area contributed by atoms with Gasteiger partial charge in [0, 0.05) is 38.4 Å². The highest BCUT2D eigenvalue weighted by molar-refractivity contribution is 4.92. The summed E-state index contributed by atoms with van der Waals surface area (Å²) >= 11 is 0. The number of nitrogens with one attached hydrogen (secondary N) is 1. The first-order valence-electron chi connectivity index (χ1n) is 6.01. The molecule has 1 N–H and O–H groups in total. The number of rotatable bonds is 6. The summed E-state index contributed by atoms with van der Waals surface area (Å²) < 4.78 is 2.10. The summed E-state index contributed by atoms with van der Waals surface area (Å²) in [6, 6.07) is 0.741. The van der Waals surface area contributed by atoms with Gasteiger partial charge < -0.3 is 9.88 Å². The molecule has 0 spiro atoms. The third-order valence-corrected chi connectivity index (χ3v) is 3.31. The van der Waals surface area contributed by atoms with Crippen molar-refractivity contribution in [2.45, 2.75) is 38.6 Å². The lowest BCUT2D eigenvalue weighted by molar-refractivity contribution is 0.450. The van der Waals surface area contributed by atoms with Gasteiger partial charge in [-0.25, -0.2) is 4.98 Å². The van der Waals surface area contributed by atoms with E-state index in [1.54, 1.807) is 0 Å². The number of aryl methyl sites for hydroxylation is 1. The van der Waals surface area contributed by atoms with Crippen LogP contribution in [0.1, 0.15) is 32.0 Å². The smallest absolute Gasteiger partial charge is 0.109 e. The molecule has 1 fully saturated rings. The molecule has 1 unspecified atom stereocenters. The molecule has 1 aromatic heterocycles. The normalized spacial score (nSPS) is 18.0. The van der Waals surface area contributed by atoms with E-state index in [0.29, 0.717) is 0 Å². The van der Waals surface area contributed by atoms with Crippen LogP contribution in [0, 0.1) is 5.92 Å². The van der Waals surface area contributed by atoms with Crippen molar-refractivity contribution < 1.29 is 0 Å². The van der Waals surface area contributed by atoms with E-state index in [0.717, 1.165) is 24.9 Å². The molecule has 1 heterocycles. The van der Waals surface area contributed by atoms with Gasteiger partial charge in [0.25, 0.3) is 0 Å². The highest BCUT2D eigenvalue weighted by atomic mass is 15.0. The number of imidazole rings is 1. The van der Waals surface area contributed by atoms with Gasteiger partial charge in [0.1, 0.15) is 5.82 Å². The first-order valence-corrected chi connectivity index (χ1v) is 6.01. The zero-order chi connectivity index (χ0) is 10.7. The number of nitrogens with zero attached hydrogens (tertiary/aromatic N) is 2. The van der Waals surface area contributed by atoms with Crippen molar-refractivity contribution in [3.8, 4) is 0 Å². The summed E-state index contributed by atoms with van der Waals surface area (Å²) in [5.41, 5.74) is 0. The van der Waals surface area contributed by atoms with E-state index in [2.05, 4.69) is 28.8 Å². The van der Waals surface area contributed by atoms with Crippen LogP contribution in [0.25, 0.3) is 0 Å². The van der Waals surface area contributed by atoms with Gasteiger partial charge in [-0.1, -0.05) is 6.92 Å². The van der Waals surface area contributed by atoms with Crippen LogP contribution >= 0.6 is 0 Å². The van der Waals surface area contributed by atoms with Gasteiger partial charge in [-0.15, -0.1) is 0 Å². The minimum Gasteiger partial charge on any atom is -0.338 e. The second-order valence-corrected chi connectivity index (χ2v) is 4.51. The van der Waals surface area contributed by atoms with Crippen molar-refractivity contribution in [1.82, 2.24) is 14.9 Å². The van der Waals surface area contributed by atoms with E-state index < -0.39 is 0 Å². The number of aromatic nitrogens is 2. The molecule has 15 heavy (non-hydrogen) atoms. The van der Waals surface area contributed by atoms with Gasteiger partial charge in [-0.2, -0.15) is 0 Å². The third-order valence-electron chi connectivity index (χ3n) is 3.31. The lowest BCUT2D eigenvalue weighted by atomic mass is 10.1. The van der Waals surface area contributed by atoms with Crippen LogP contribution in [0.5, 0.6) is 0 Å². The molecule has 1 aliphatic rings. The van der Waals surface area contributed by atoms with Gasteiger partial charge >= 0.3 is 0 Å². The molecule has 84 valence electrons. The van der Waals surface area contributed by atoms with Crippen molar-refractivity contribution in [2.24, 2.45) is 13.0 Å². The molecule has 0 bridgehead atoms. The molecule has 3 heteroatoms. The van der Waals surface area contributed by atoms with Crippen LogP contribution in [-0.2, 0) is 13.5 Å². The Morgan fingerprint density at radius 3 is 2.93 bits per heavy atom. The third kappa shape index (κ3) is 2.81. The second kappa shape index (κ2) is 4.79. The zero-order valence-corrected chi connectivity index (χ0v) is 9.74. The molecule has 1 saturated carbocycles. The summed E-state index contributed by atoms with van der Waals surface area (Å²) in [4.78, 5) is 4.32. The summed E-state index contributed by atoms with van der Waals surface area (Å²) in [5.74, 6) is 2.13. The highest BCUT2D eigenvalue weighted by Crippen LogP contribution is 2.33. The zero-order valence-electron chi connectivity index (χ0n) is 9.74. The van der Waals surface area contributed by atoms with Crippen molar-refractivity contribution >= 4 is 0 Å². The molecule has 1 aliphatic carbocycles. The van der Waals surface area contributed by atoms with Gasteiger partial charge in [0.15, 0.2) is 0 Å². The average molecular weight is 207 g/mol. The molecule has 2 rings (SSSR count). The fourth-order valence-electron chi connectivity index (χ4n) is 2.15. The Kier molecular flexibility index (Phi) is 3.41. The first kappa shape index (κ1) is 10.7. The first-order chi connectivity index (χ1) is 7.31. The second-order valence-electron chi connectivity index (χ2n) is 4.51. The van der Waals surface area contributed by atoms with Crippen molar-refractivity contribution in [3.05, 3.63) is 18.2 Å². The maximum Gasteiger partial charge on any atom is 0.109 e. The molecule has 3 nitrogen and oxygen atoms in total. The van der Waals surface area contributed by atoms with E-state index in [1.807, 2.05) is 12.4 Å². The lowest BCUT2D eigenvalue weighted by Crippen LogP contribution is -2.32. The SMILES string of the molecule is CCC(NCCc1nccn1C)C1CC1. The van der Waals surface area contributed by atoms with Crippen molar-refractivity contribution in [1.29, 1.82) is 0 Å². The minimum atomic E-state index is 0.741. The Labute approximate surface area is 91.9 Å². The highest BCUT2D eigenvalue weighted by Gasteiger charge is 2.29. The topological polar surface area (TPSA) is 29.9 Å². The van der Waals surface area contributed by atoms with E-state index >= 15 is 0 Å². The largest absolute Gasteiger partial charge is 0.338 e. The Morgan fingerprint density at radius 1 is 1.60 bits per heavy atom. The van der Waals surface area contributed by atoms with Crippen LogP contribution in [0.4, 0.5) is 0 Å². The molecule has 1 atom stereocenters. The summed E-state index contributed by atoms with van der Waals surface area (Å²) in [6.07, 6.45) is 9.01. The Balaban J connectivity index is 1.72. The van der Waals surface area contributed by atoms with Crippen molar-refractivity contribution in [2.75, 3.05) is 6.54 Å². The van der Waals surface area contributed by atoms with Crippen LogP contribution in [0.2, 0.25) is 0 Å². The Bertz CT molecular complexity index is 302. The van der Waals surface area contributed by atoms with Gasteiger partial charge in [0.05, 0.1) is 0 Å². The minimum absolute atomic E-state index is 0.741. The van der Waals surface area contributed by atoms with E-state index in [9.17, 15) is 0 Å².